The summed E-state index contributed by atoms with van der Waals surface area (Å²) in [4.78, 5) is 3.24. The van der Waals surface area contributed by atoms with Crippen LogP contribution < -0.4 is 5.32 Å². The summed E-state index contributed by atoms with van der Waals surface area (Å²) >= 11 is 3.57. The van der Waals surface area contributed by atoms with Gasteiger partial charge in [-0.1, -0.05) is 46.3 Å². The molecular weight excluding hydrogens is 300 g/mol. The highest BCUT2D eigenvalue weighted by atomic mass is 79.9. The Morgan fingerprint density at radius 3 is 2.58 bits per heavy atom. The first-order valence-electron chi connectivity index (χ1n) is 6.34. The summed E-state index contributed by atoms with van der Waals surface area (Å²) in [5.41, 5.74) is 3.80. The first-order chi connectivity index (χ1) is 9.34. The second-order valence-electron chi connectivity index (χ2n) is 4.55. The van der Waals surface area contributed by atoms with Gasteiger partial charge in [0.05, 0.1) is 0 Å². The van der Waals surface area contributed by atoms with Crippen LogP contribution in [0.5, 0.6) is 0 Å². The molecule has 0 aliphatic carbocycles. The normalized spacial score (nSPS) is 11.0. The number of aromatic amines is 1. The molecule has 3 heteroatoms. The van der Waals surface area contributed by atoms with Crippen molar-refractivity contribution in [3.8, 4) is 0 Å². The lowest BCUT2D eigenvalue weighted by molar-refractivity contribution is 0.695. The topological polar surface area (TPSA) is 27.8 Å². The Kier molecular flexibility index (Phi) is 3.67. The number of H-pyrrole nitrogens is 1. The quantitative estimate of drug-likeness (QED) is 0.741. The molecule has 1 aromatic heterocycles. The average molecular weight is 315 g/mol. The zero-order valence-corrected chi connectivity index (χ0v) is 12.1. The first-order valence-corrected chi connectivity index (χ1v) is 7.13. The van der Waals surface area contributed by atoms with Crippen LogP contribution in [0.15, 0.2) is 59.2 Å². The number of fused-ring (bicyclic) bond motifs is 1. The molecule has 0 fully saturated rings. The molecule has 19 heavy (non-hydrogen) atoms. The Morgan fingerprint density at radius 2 is 1.68 bits per heavy atom. The van der Waals surface area contributed by atoms with E-state index >= 15 is 0 Å². The van der Waals surface area contributed by atoms with Gasteiger partial charge in [-0.25, -0.2) is 0 Å². The summed E-state index contributed by atoms with van der Waals surface area (Å²) in [5, 5.41) is 4.79. The maximum Gasteiger partial charge on any atom is 0.0457 e. The van der Waals surface area contributed by atoms with Crippen LogP contribution in [-0.4, -0.2) is 4.98 Å². The minimum atomic E-state index is 0.863. The molecule has 0 radical (unpaired) electrons. The van der Waals surface area contributed by atoms with E-state index in [1.54, 1.807) is 0 Å². The first kappa shape index (κ1) is 12.5. The van der Waals surface area contributed by atoms with Crippen LogP contribution in [0.3, 0.4) is 0 Å². The van der Waals surface area contributed by atoms with Crippen LogP contribution in [-0.2, 0) is 13.1 Å². The van der Waals surface area contributed by atoms with E-state index in [1.165, 1.54) is 22.0 Å². The van der Waals surface area contributed by atoms with Gasteiger partial charge in [-0.3, -0.25) is 0 Å². The van der Waals surface area contributed by atoms with Gasteiger partial charge in [0, 0.05) is 34.7 Å². The number of rotatable bonds is 4. The molecule has 0 saturated carbocycles. The fourth-order valence-electron chi connectivity index (χ4n) is 2.28. The summed E-state index contributed by atoms with van der Waals surface area (Å²) in [6.07, 6.45) is 1.99. The highest BCUT2D eigenvalue weighted by Gasteiger charge is 2.02. The Hall–Kier alpha value is -1.58. The van der Waals surface area contributed by atoms with Crippen molar-refractivity contribution in [1.29, 1.82) is 0 Å². The smallest absolute Gasteiger partial charge is 0.0457 e. The van der Waals surface area contributed by atoms with Gasteiger partial charge in [0.2, 0.25) is 0 Å². The van der Waals surface area contributed by atoms with E-state index in [0.29, 0.717) is 0 Å². The molecular formula is C16H15BrN2. The molecule has 0 spiro atoms. The predicted octanol–water partition coefficient (Wildman–Crippen LogP) is 4.22. The molecule has 0 saturated heterocycles. The standard InChI is InChI=1S/C16H15BrN2/c17-15-6-2-1-4-13(15)11-18-10-12-5-3-7-16-14(12)8-9-19-16/h1-9,18-19H,10-11H2. The van der Waals surface area contributed by atoms with E-state index in [1.807, 2.05) is 12.3 Å². The lowest BCUT2D eigenvalue weighted by atomic mass is 10.1. The number of nitrogens with one attached hydrogen (secondary N) is 2. The monoisotopic (exact) mass is 314 g/mol. The van der Waals surface area contributed by atoms with Gasteiger partial charge in [-0.15, -0.1) is 0 Å². The Labute approximate surface area is 121 Å². The maximum absolute atomic E-state index is 3.57. The molecule has 1 heterocycles. The molecule has 0 amide bonds. The molecule has 3 rings (SSSR count). The zero-order chi connectivity index (χ0) is 13.1. The van der Waals surface area contributed by atoms with Crippen LogP contribution >= 0.6 is 15.9 Å². The van der Waals surface area contributed by atoms with Crippen molar-refractivity contribution >= 4 is 26.8 Å². The average Bonchev–Trinajstić information content (AvgIpc) is 2.90. The summed E-state index contributed by atoms with van der Waals surface area (Å²) in [6, 6.07) is 16.8. The molecule has 3 aromatic rings. The largest absolute Gasteiger partial charge is 0.361 e. The van der Waals surface area contributed by atoms with E-state index in [0.717, 1.165) is 17.6 Å². The van der Waals surface area contributed by atoms with Crippen molar-refractivity contribution in [2.45, 2.75) is 13.1 Å². The van der Waals surface area contributed by atoms with Crippen LogP contribution in [0.25, 0.3) is 10.9 Å². The van der Waals surface area contributed by atoms with E-state index in [-0.39, 0.29) is 0 Å². The van der Waals surface area contributed by atoms with E-state index in [9.17, 15) is 0 Å². The maximum atomic E-state index is 3.57. The second-order valence-corrected chi connectivity index (χ2v) is 5.41. The Morgan fingerprint density at radius 1 is 0.895 bits per heavy atom. The van der Waals surface area contributed by atoms with Crippen molar-refractivity contribution in [3.05, 3.63) is 70.3 Å². The third-order valence-corrected chi connectivity index (χ3v) is 4.05. The molecule has 0 atom stereocenters. The number of hydrogen-bond acceptors (Lipinski definition) is 1. The summed E-state index contributed by atoms with van der Waals surface area (Å²) in [5.74, 6) is 0. The fraction of sp³-hybridized carbons (Fsp3) is 0.125. The SMILES string of the molecule is Brc1ccccc1CNCc1cccc2[nH]ccc12. The second kappa shape index (κ2) is 5.59. The molecule has 0 aliphatic rings. The van der Waals surface area contributed by atoms with Gasteiger partial charge >= 0.3 is 0 Å². The Bertz CT molecular complexity index is 688. The Balaban J connectivity index is 1.70. The molecule has 0 bridgehead atoms. The van der Waals surface area contributed by atoms with Crippen molar-refractivity contribution < 1.29 is 0 Å². The van der Waals surface area contributed by atoms with Crippen LogP contribution in [0.2, 0.25) is 0 Å². The highest BCUT2D eigenvalue weighted by molar-refractivity contribution is 9.10. The minimum absolute atomic E-state index is 0.863. The fourth-order valence-corrected chi connectivity index (χ4v) is 2.70. The molecule has 2 nitrogen and oxygen atoms in total. The predicted molar refractivity (Wildman–Crippen MR) is 83.0 cm³/mol. The summed E-state index contributed by atoms with van der Waals surface area (Å²) in [7, 11) is 0. The van der Waals surface area contributed by atoms with Gasteiger partial charge in [0.25, 0.3) is 0 Å². The van der Waals surface area contributed by atoms with Crippen molar-refractivity contribution in [1.82, 2.24) is 10.3 Å². The van der Waals surface area contributed by atoms with E-state index in [4.69, 9.17) is 0 Å². The number of hydrogen-bond donors (Lipinski definition) is 2. The summed E-state index contributed by atoms with van der Waals surface area (Å²) in [6.45, 7) is 1.73. The van der Waals surface area contributed by atoms with E-state index < -0.39 is 0 Å². The van der Waals surface area contributed by atoms with Gasteiger partial charge in [0.15, 0.2) is 0 Å². The van der Waals surface area contributed by atoms with Crippen LogP contribution in [0.1, 0.15) is 11.1 Å². The molecule has 2 N–H and O–H groups in total. The minimum Gasteiger partial charge on any atom is -0.361 e. The van der Waals surface area contributed by atoms with Gasteiger partial charge in [-0.05, 0) is 29.3 Å². The van der Waals surface area contributed by atoms with Crippen LogP contribution in [0, 0.1) is 0 Å². The van der Waals surface area contributed by atoms with Gasteiger partial charge in [0.1, 0.15) is 0 Å². The summed E-state index contributed by atoms with van der Waals surface area (Å²) < 4.78 is 1.15. The number of halogens is 1. The number of benzene rings is 2. The highest BCUT2D eigenvalue weighted by Crippen LogP contribution is 2.18. The molecule has 2 aromatic carbocycles. The van der Waals surface area contributed by atoms with Gasteiger partial charge in [-0.2, -0.15) is 0 Å². The van der Waals surface area contributed by atoms with Crippen LogP contribution in [0.4, 0.5) is 0 Å². The lowest BCUT2D eigenvalue weighted by Gasteiger charge is -2.08. The third kappa shape index (κ3) is 2.72. The molecule has 96 valence electrons. The van der Waals surface area contributed by atoms with E-state index in [2.05, 4.69) is 68.7 Å². The van der Waals surface area contributed by atoms with Crippen molar-refractivity contribution in [2.75, 3.05) is 0 Å². The zero-order valence-electron chi connectivity index (χ0n) is 10.5. The third-order valence-electron chi connectivity index (χ3n) is 3.27. The molecule has 0 unspecified atom stereocenters. The van der Waals surface area contributed by atoms with Crippen molar-refractivity contribution in [3.63, 3.8) is 0 Å². The lowest BCUT2D eigenvalue weighted by Crippen LogP contribution is -2.13. The number of aromatic nitrogens is 1. The molecule has 0 aliphatic heterocycles. The van der Waals surface area contributed by atoms with Crippen molar-refractivity contribution in [2.24, 2.45) is 0 Å². The van der Waals surface area contributed by atoms with Gasteiger partial charge < -0.3 is 10.3 Å².